The van der Waals surface area contributed by atoms with Gasteiger partial charge in [-0.2, -0.15) is 10.2 Å². The molecule has 0 fully saturated rings. The lowest BCUT2D eigenvalue weighted by molar-refractivity contribution is -0.121. The summed E-state index contributed by atoms with van der Waals surface area (Å²) in [5.74, 6) is -2.83. The Kier molecular flexibility index (Phi) is 11.6. The largest absolute Gasteiger partial charge is 0.478 e. The van der Waals surface area contributed by atoms with E-state index in [9.17, 15) is 29.4 Å². The van der Waals surface area contributed by atoms with Crippen LogP contribution in [0.15, 0.2) is 56.9 Å². The highest BCUT2D eigenvalue weighted by Crippen LogP contribution is 2.41. The van der Waals surface area contributed by atoms with Crippen molar-refractivity contribution < 1.29 is 38.9 Å². The Labute approximate surface area is 347 Å². The fourth-order valence-electron chi connectivity index (χ4n) is 5.53. The molecule has 0 radical (unpaired) electrons. The number of nitrogens with zero attached hydrogens (tertiary/aromatic N) is 12. The van der Waals surface area contributed by atoms with E-state index >= 15 is 0 Å². The predicted molar refractivity (Wildman–Crippen MR) is 216 cm³/mol. The monoisotopic (exact) mass is 856 g/mol. The number of carbonyl (C=O) groups excluding carboxylic acids is 2. The number of ether oxygens (including phenoxy) is 2. The van der Waals surface area contributed by atoms with Crippen LogP contribution >= 0.6 is 22.7 Å². The Balaban J connectivity index is 1.25. The van der Waals surface area contributed by atoms with Gasteiger partial charge in [0.1, 0.15) is 21.5 Å². The SMILES string of the molecule is CC(c1nnc(N=Nc2c(C(C)(C)C)nn(-c3cc(OC=O)cc(C(=O)O)c3)c2N)s1)c1nnc(N=Nc2c(C(C)(C)C)nn(-c3cc(OC=O)cc(C(=O)O)c3)c2N)s1. The van der Waals surface area contributed by atoms with Crippen molar-refractivity contribution in [3.05, 3.63) is 68.9 Å². The third-order valence-electron chi connectivity index (χ3n) is 8.42. The first-order valence-corrected chi connectivity index (χ1v) is 19.2. The quantitative estimate of drug-likeness (QED) is 0.0634. The first-order valence-electron chi connectivity index (χ1n) is 17.5. The molecule has 4 aromatic heterocycles. The standard InChI is InChI=1S/C36H36N14O8S2/c1-16(29-41-45-33(59-29)43-39-23-25(35(2,3)4)47-49(27(23)37)19-8-17(31(53)54)10-21(12-19)57-14-51)30-42-46-34(60-30)44-40-24-26(36(5,6)7)48-50(28(24)38)20-9-18(32(55)56)11-22(13-20)58-15-52/h8-16H,37-38H2,1-7H3,(H,53,54)(H,55,56). The molecule has 6 N–H and O–H groups in total. The maximum atomic E-state index is 11.8. The van der Waals surface area contributed by atoms with Crippen molar-refractivity contribution in [1.29, 1.82) is 0 Å². The number of azo groups is 2. The number of carboxylic acids is 2. The van der Waals surface area contributed by atoms with Gasteiger partial charge < -0.3 is 31.2 Å². The van der Waals surface area contributed by atoms with Crippen molar-refractivity contribution in [1.82, 2.24) is 40.0 Å². The summed E-state index contributed by atoms with van der Waals surface area (Å²) in [5.41, 5.74) is 13.3. The average Bonchev–Trinajstić information content (AvgIpc) is 3.98. The number of carbonyl (C=O) groups is 4. The Morgan fingerprint density at radius 3 is 1.38 bits per heavy atom. The molecule has 0 amide bonds. The Hall–Kier alpha value is -7.34. The molecular weight excluding hydrogens is 821 g/mol. The fraction of sp³-hybridized carbons (Fsp3) is 0.278. The molecule has 2 aromatic carbocycles. The van der Waals surface area contributed by atoms with Crippen molar-refractivity contribution in [2.24, 2.45) is 20.5 Å². The number of aromatic nitrogens is 8. The van der Waals surface area contributed by atoms with E-state index in [-0.39, 0.29) is 80.2 Å². The van der Waals surface area contributed by atoms with Crippen LogP contribution < -0.4 is 20.9 Å². The zero-order chi connectivity index (χ0) is 43.7. The Bertz CT molecular complexity index is 2520. The van der Waals surface area contributed by atoms with Gasteiger partial charge in [0.2, 0.25) is 0 Å². The third kappa shape index (κ3) is 8.87. The zero-order valence-corrected chi connectivity index (χ0v) is 34.5. The van der Waals surface area contributed by atoms with Crippen molar-refractivity contribution in [2.75, 3.05) is 11.5 Å². The number of rotatable bonds is 14. The maximum Gasteiger partial charge on any atom is 0.335 e. The van der Waals surface area contributed by atoms with Gasteiger partial charge in [-0.1, -0.05) is 64.2 Å². The van der Waals surface area contributed by atoms with Gasteiger partial charge in [-0.3, -0.25) is 9.59 Å². The van der Waals surface area contributed by atoms with E-state index < -0.39 is 28.7 Å². The molecule has 60 heavy (non-hydrogen) atoms. The minimum atomic E-state index is -1.25. The van der Waals surface area contributed by atoms with Gasteiger partial charge >= 0.3 is 11.9 Å². The topological polar surface area (TPSA) is 316 Å². The Morgan fingerprint density at radius 2 is 1.05 bits per heavy atom. The van der Waals surface area contributed by atoms with Crippen LogP contribution in [0.4, 0.5) is 33.3 Å². The molecule has 4 heterocycles. The van der Waals surface area contributed by atoms with Crippen LogP contribution in [0.2, 0.25) is 0 Å². The van der Waals surface area contributed by atoms with Crippen LogP contribution in [-0.2, 0) is 20.4 Å². The summed E-state index contributed by atoms with van der Waals surface area (Å²) < 4.78 is 12.4. The molecule has 6 aromatic rings. The van der Waals surface area contributed by atoms with Crippen LogP contribution in [-0.4, -0.2) is 75.1 Å². The van der Waals surface area contributed by atoms with Gasteiger partial charge in [0, 0.05) is 23.0 Å². The Morgan fingerprint density at radius 1 is 0.667 bits per heavy atom. The molecule has 0 atom stereocenters. The highest BCUT2D eigenvalue weighted by atomic mass is 32.1. The molecule has 310 valence electrons. The van der Waals surface area contributed by atoms with Crippen LogP contribution in [0.3, 0.4) is 0 Å². The van der Waals surface area contributed by atoms with Crippen molar-refractivity contribution in [2.45, 2.75) is 65.2 Å². The lowest BCUT2D eigenvalue weighted by atomic mass is 9.91. The second-order valence-electron chi connectivity index (χ2n) is 14.9. The molecule has 24 heteroatoms. The number of nitrogen functional groups attached to an aromatic ring is 2. The van der Waals surface area contributed by atoms with E-state index in [1.54, 1.807) is 0 Å². The number of anilines is 2. The van der Waals surface area contributed by atoms with E-state index in [0.717, 1.165) is 22.7 Å². The molecule has 6 rings (SSSR count). The highest BCUT2D eigenvalue weighted by molar-refractivity contribution is 7.16. The molecule has 0 unspecified atom stereocenters. The van der Waals surface area contributed by atoms with Crippen LogP contribution in [0, 0.1) is 0 Å². The van der Waals surface area contributed by atoms with Gasteiger partial charge in [0.05, 0.1) is 39.8 Å². The van der Waals surface area contributed by atoms with E-state index in [2.05, 4.69) is 51.0 Å². The van der Waals surface area contributed by atoms with Gasteiger partial charge in [0.25, 0.3) is 23.2 Å². The smallest absolute Gasteiger partial charge is 0.335 e. The summed E-state index contributed by atoms with van der Waals surface area (Å²) in [5, 5.41) is 64.2. The summed E-state index contributed by atoms with van der Waals surface area (Å²) in [7, 11) is 0. The first-order chi connectivity index (χ1) is 28.3. The van der Waals surface area contributed by atoms with Gasteiger partial charge in [-0.25, -0.2) is 19.0 Å². The third-order valence-corrected chi connectivity index (χ3v) is 10.4. The number of aromatic carboxylic acids is 2. The van der Waals surface area contributed by atoms with Crippen LogP contribution in [0.1, 0.15) is 96.5 Å². The van der Waals surface area contributed by atoms with Gasteiger partial charge in [-0.05, 0) is 31.2 Å². The second-order valence-corrected chi connectivity index (χ2v) is 16.9. The number of hydrogen-bond donors (Lipinski definition) is 4. The van der Waals surface area contributed by atoms with Crippen molar-refractivity contribution in [3.63, 3.8) is 0 Å². The second kappa shape index (κ2) is 16.5. The van der Waals surface area contributed by atoms with E-state index in [0.29, 0.717) is 21.4 Å². The number of benzene rings is 2. The number of nitrogens with two attached hydrogens (primary N) is 2. The molecular formula is C36H36N14O8S2. The molecule has 0 spiro atoms. The summed E-state index contributed by atoms with van der Waals surface area (Å²) in [6.45, 7) is 13.6. The number of hydrogen-bond acceptors (Lipinski definition) is 20. The molecule has 0 saturated carbocycles. The average molecular weight is 857 g/mol. The minimum Gasteiger partial charge on any atom is -0.478 e. The summed E-state index contributed by atoms with van der Waals surface area (Å²) in [4.78, 5) is 45.6. The van der Waals surface area contributed by atoms with Crippen LogP contribution in [0.5, 0.6) is 11.5 Å². The molecule has 22 nitrogen and oxygen atoms in total. The normalized spacial score (nSPS) is 12.6. The van der Waals surface area contributed by atoms with E-state index in [1.807, 2.05) is 48.5 Å². The first kappa shape index (κ1) is 42.3. The van der Waals surface area contributed by atoms with E-state index in [4.69, 9.17) is 20.9 Å². The summed E-state index contributed by atoms with van der Waals surface area (Å²) in [6.07, 6.45) is 0. The van der Waals surface area contributed by atoms with Crippen LogP contribution in [0.25, 0.3) is 11.4 Å². The van der Waals surface area contributed by atoms with Crippen molar-refractivity contribution >= 4 is 80.8 Å². The summed E-state index contributed by atoms with van der Waals surface area (Å²) in [6, 6.07) is 7.88. The maximum absolute atomic E-state index is 11.8. The minimum absolute atomic E-state index is 0.0197. The number of carboxylic acid groups (broad SMARTS) is 2. The summed E-state index contributed by atoms with van der Waals surface area (Å²) >= 11 is 2.30. The zero-order valence-electron chi connectivity index (χ0n) is 32.9. The van der Waals surface area contributed by atoms with Crippen molar-refractivity contribution in [3.8, 4) is 22.9 Å². The van der Waals surface area contributed by atoms with E-state index in [1.165, 1.54) is 45.8 Å². The molecule has 0 aliphatic heterocycles. The molecule has 0 saturated heterocycles. The van der Waals surface area contributed by atoms with Gasteiger partial charge in [-0.15, -0.1) is 40.9 Å². The highest BCUT2D eigenvalue weighted by Gasteiger charge is 2.29. The van der Waals surface area contributed by atoms with Gasteiger partial charge in [0.15, 0.2) is 23.0 Å². The lowest BCUT2D eigenvalue weighted by Gasteiger charge is -2.15. The molecule has 0 bridgehead atoms. The predicted octanol–water partition coefficient (Wildman–Crippen LogP) is 6.97. The lowest BCUT2D eigenvalue weighted by Crippen LogP contribution is -2.13. The molecule has 0 aliphatic rings. The molecule has 0 aliphatic carbocycles. The fourth-order valence-corrected chi connectivity index (χ4v) is 7.04.